The van der Waals surface area contributed by atoms with Crippen molar-refractivity contribution >= 4 is 17.5 Å². The molecule has 0 saturated carbocycles. The van der Waals surface area contributed by atoms with Crippen LogP contribution in [0, 0.1) is 0 Å². The molecule has 2 amide bonds. The Labute approximate surface area is 105 Å². The van der Waals surface area contributed by atoms with E-state index >= 15 is 0 Å². The number of ether oxygens (including phenoxy) is 1. The van der Waals surface area contributed by atoms with E-state index in [4.69, 9.17) is 10.5 Å². The van der Waals surface area contributed by atoms with Crippen molar-refractivity contribution in [2.75, 3.05) is 12.4 Å². The summed E-state index contributed by atoms with van der Waals surface area (Å²) in [4.78, 5) is 22.5. The number of nitrogens with one attached hydrogen (secondary N) is 1. The van der Waals surface area contributed by atoms with Crippen LogP contribution in [0.15, 0.2) is 18.2 Å². The summed E-state index contributed by atoms with van der Waals surface area (Å²) in [6.07, 6.45) is 1.54. The van der Waals surface area contributed by atoms with Crippen molar-refractivity contribution in [1.82, 2.24) is 0 Å². The minimum Gasteiger partial charge on any atom is -0.497 e. The van der Waals surface area contributed by atoms with Crippen LogP contribution >= 0.6 is 0 Å². The van der Waals surface area contributed by atoms with Gasteiger partial charge >= 0.3 is 0 Å². The van der Waals surface area contributed by atoms with Crippen LogP contribution in [0.3, 0.4) is 0 Å². The van der Waals surface area contributed by atoms with Gasteiger partial charge in [0.15, 0.2) is 0 Å². The minimum atomic E-state index is -0.334. The van der Waals surface area contributed by atoms with Gasteiger partial charge in [-0.1, -0.05) is 0 Å². The zero-order valence-electron chi connectivity index (χ0n) is 10.2. The maximum absolute atomic E-state index is 11.8. The number of nitrogens with two attached hydrogens (primary N) is 1. The second-order valence-electron chi connectivity index (χ2n) is 4.35. The number of methoxy groups -OCH3 is 1. The van der Waals surface area contributed by atoms with Crippen molar-refractivity contribution < 1.29 is 14.3 Å². The van der Waals surface area contributed by atoms with E-state index in [0.717, 1.165) is 17.0 Å². The van der Waals surface area contributed by atoms with Gasteiger partial charge in [0, 0.05) is 12.1 Å². The van der Waals surface area contributed by atoms with Crippen molar-refractivity contribution in [2.45, 2.75) is 25.2 Å². The summed E-state index contributed by atoms with van der Waals surface area (Å²) in [5.41, 5.74) is 6.85. The molecule has 0 spiro atoms. The van der Waals surface area contributed by atoms with Gasteiger partial charge in [-0.15, -0.1) is 0 Å². The molecule has 2 rings (SSSR count). The van der Waals surface area contributed by atoms with Gasteiger partial charge < -0.3 is 15.8 Å². The number of carbonyl (C=O) groups excluding carboxylic acids is 2. The fraction of sp³-hybridized carbons (Fsp3) is 0.385. The van der Waals surface area contributed by atoms with Crippen molar-refractivity contribution in [3.8, 4) is 5.75 Å². The molecule has 96 valence electrons. The monoisotopic (exact) mass is 248 g/mol. The molecule has 0 aliphatic carbocycles. The summed E-state index contributed by atoms with van der Waals surface area (Å²) in [5.74, 6) is 0.154. The highest BCUT2D eigenvalue weighted by atomic mass is 16.5. The van der Waals surface area contributed by atoms with Gasteiger partial charge in [-0.25, -0.2) is 0 Å². The standard InChI is InChI=1S/C13H16N2O3/c1-18-8-5-6-11-10(7-8)9(13(17)15-11)3-2-4-12(14)16/h5-7,9H,2-4H2,1H3,(H2,14,16)(H,15,17). The Balaban J connectivity index is 2.13. The smallest absolute Gasteiger partial charge is 0.232 e. The van der Waals surface area contributed by atoms with Crippen LogP contribution in [-0.4, -0.2) is 18.9 Å². The molecule has 0 bridgehead atoms. The molecule has 0 aromatic heterocycles. The van der Waals surface area contributed by atoms with E-state index in [0.29, 0.717) is 19.3 Å². The van der Waals surface area contributed by atoms with Gasteiger partial charge in [-0.05, 0) is 36.6 Å². The number of hydrogen-bond acceptors (Lipinski definition) is 3. The summed E-state index contributed by atoms with van der Waals surface area (Å²) in [6.45, 7) is 0. The molecule has 3 N–H and O–H groups in total. The highest BCUT2D eigenvalue weighted by Gasteiger charge is 2.30. The van der Waals surface area contributed by atoms with Gasteiger partial charge in [0.05, 0.1) is 13.0 Å². The number of hydrogen-bond donors (Lipinski definition) is 2. The second kappa shape index (κ2) is 5.08. The molecule has 0 radical (unpaired) electrons. The topological polar surface area (TPSA) is 81.4 Å². The number of primary amides is 1. The summed E-state index contributed by atoms with van der Waals surface area (Å²) < 4.78 is 5.15. The van der Waals surface area contributed by atoms with Crippen LogP contribution in [-0.2, 0) is 9.59 Å². The van der Waals surface area contributed by atoms with E-state index in [1.807, 2.05) is 18.2 Å². The normalized spacial score (nSPS) is 17.2. The van der Waals surface area contributed by atoms with Crippen LogP contribution in [0.25, 0.3) is 0 Å². The highest BCUT2D eigenvalue weighted by molar-refractivity contribution is 6.03. The molecule has 5 heteroatoms. The molecule has 0 fully saturated rings. The lowest BCUT2D eigenvalue weighted by molar-refractivity contribution is -0.119. The van der Waals surface area contributed by atoms with E-state index in [1.54, 1.807) is 7.11 Å². The molecular formula is C13H16N2O3. The average Bonchev–Trinajstić information content (AvgIpc) is 2.64. The van der Waals surface area contributed by atoms with E-state index in [-0.39, 0.29) is 17.7 Å². The maximum atomic E-state index is 11.8. The van der Waals surface area contributed by atoms with Crippen LogP contribution < -0.4 is 15.8 Å². The first-order valence-electron chi connectivity index (χ1n) is 5.89. The van der Waals surface area contributed by atoms with Crippen molar-refractivity contribution in [3.05, 3.63) is 23.8 Å². The Morgan fingerprint density at radius 2 is 2.28 bits per heavy atom. The third-order valence-corrected chi connectivity index (χ3v) is 3.12. The number of benzene rings is 1. The Bertz CT molecular complexity index is 485. The van der Waals surface area contributed by atoms with Crippen molar-refractivity contribution in [3.63, 3.8) is 0 Å². The third-order valence-electron chi connectivity index (χ3n) is 3.12. The quantitative estimate of drug-likeness (QED) is 0.826. The minimum absolute atomic E-state index is 0.0253. The summed E-state index contributed by atoms with van der Waals surface area (Å²) in [7, 11) is 1.59. The van der Waals surface area contributed by atoms with Gasteiger partial charge in [0.1, 0.15) is 5.75 Å². The predicted molar refractivity (Wildman–Crippen MR) is 67.4 cm³/mol. The van der Waals surface area contributed by atoms with Crippen LogP contribution in [0.2, 0.25) is 0 Å². The molecule has 1 heterocycles. The summed E-state index contributed by atoms with van der Waals surface area (Å²) in [5, 5.41) is 2.83. The molecule has 5 nitrogen and oxygen atoms in total. The lowest BCUT2D eigenvalue weighted by atomic mass is 9.94. The fourth-order valence-corrected chi connectivity index (χ4v) is 2.20. The lowest BCUT2D eigenvalue weighted by Crippen LogP contribution is -2.14. The summed E-state index contributed by atoms with van der Waals surface area (Å²) >= 11 is 0. The van der Waals surface area contributed by atoms with Crippen molar-refractivity contribution in [1.29, 1.82) is 0 Å². The van der Waals surface area contributed by atoms with Crippen LogP contribution in [0.4, 0.5) is 5.69 Å². The van der Waals surface area contributed by atoms with E-state index in [9.17, 15) is 9.59 Å². The van der Waals surface area contributed by atoms with E-state index in [2.05, 4.69) is 5.32 Å². The first kappa shape index (κ1) is 12.4. The molecule has 1 aromatic rings. The second-order valence-corrected chi connectivity index (χ2v) is 4.35. The van der Waals surface area contributed by atoms with Gasteiger partial charge in [-0.2, -0.15) is 0 Å². The largest absolute Gasteiger partial charge is 0.497 e. The first-order valence-corrected chi connectivity index (χ1v) is 5.89. The van der Waals surface area contributed by atoms with E-state index in [1.165, 1.54) is 0 Å². The maximum Gasteiger partial charge on any atom is 0.232 e. The zero-order valence-corrected chi connectivity index (χ0v) is 10.2. The Hall–Kier alpha value is -2.04. The molecule has 1 aliphatic heterocycles. The number of carbonyl (C=O) groups is 2. The van der Waals surface area contributed by atoms with Gasteiger partial charge in [0.2, 0.25) is 11.8 Å². The Morgan fingerprint density at radius 3 is 2.94 bits per heavy atom. The van der Waals surface area contributed by atoms with Crippen molar-refractivity contribution in [2.24, 2.45) is 5.73 Å². The SMILES string of the molecule is COc1ccc2c(c1)C(CCCC(N)=O)C(=O)N2. The number of rotatable bonds is 5. The molecule has 18 heavy (non-hydrogen) atoms. The number of fused-ring (bicyclic) bond motifs is 1. The zero-order chi connectivity index (χ0) is 13.1. The first-order chi connectivity index (χ1) is 8.61. The number of amides is 2. The highest BCUT2D eigenvalue weighted by Crippen LogP contribution is 2.37. The Kier molecular flexibility index (Phi) is 3.50. The average molecular weight is 248 g/mol. The Morgan fingerprint density at radius 1 is 1.50 bits per heavy atom. The predicted octanol–water partition coefficient (Wildman–Crippen LogP) is 1.39. The van der Waals surface area contributed by atoms with E-state index < -0.39 is 0 Å². The van der Waals surface area contributed by atoms with Crippen LogP contribution in [0.5, 0.6) is 5.75 Å². The lowest BCUT2D eigenvalue weighted by Gasteiger charge is -2.09. The molecular weight excluding hydrogens is 232 g/mol. The molecule has 1 atom stereocenters. The van der Waals surface area contributed by atoms with Crippen LogP contribution in [0.1, 0.15) is 30.7 Å². The number of anilines is 1. The summed E-state index contributed by atoms with van der Waals surface area (Å²) in [6, 6.07) is 5.51. The molecule has 1 aliphatic rings. The molecule has 1 aromatic carbocycles. The molecule has 0 saturated heterocycles. The third kappa shape index (κ3) is 2.45. The van der Waals surface area contributed by atoms with Gasteiger partial charge in [-0.3, -0.25) is 9.59 Å². The molecule has 1 unspecified atom stereocenters. The van der Waals surface area contributed by atoms with Gasteiger partial charge in [0.25, 0.3) is 0 Å². The fourth-order valence-electron chi connectivity index (χ4n) is 2.20.